The largest absolute Gasteiger partial charge is 0.513 e. The van der Waals surface area contributed by atoms with Gasteiger partial charge >= 0.3 is 24.2 Å². The van der Waals surface area contributed by atoms with Crippen molar-refractivity contribution in [2.45, 2.75) is 45.1 Å². The standard InChI is InChI=1S/C27H33NO10/c1-4-14-35-25(31)37-21-12-11-19(17-22(21)38-26(32)36-15-5-2)18-27(28,24(30)33-3)13-16-34-23(29)20-9-7-6-8-10-20/h6-12,17H,4-5,13-16,18,28H2,1-3H3/t27-/m1/s1. The van der Waals surface area contributed by atoms with E-state index in [1.54, 1.807) is 30.3 Å². The average Bonchev–Trinajstić information content (AvgIpc) is 2.92. The van der Waals surface area contributed by atoms with Crippen LogP contribution in [-0.2, 0) is 30.2 Å². The Morgan fingerprint density at radius 1 is 0.789 bits per heavy atom. The molecule has 0 heterocycles. The number of ether oxygens (including phenoxy) is 6. The van der Waals surface area contributed by atoms with Crippen LogP contribution in [0.2, 0.25) is 0 Å². The lowest BCUT2D eigenvalue weighted by Crippen LogP contribution is -2.51. The van der Waals surface area contributed by atoms with E-state index in [1.807, 2.05) is 13.8 Å². The van der Waals surface area contributed by atoms with Crippen molar-refractivity contribution in [2.75, 3.05) is 26.9 Å². The Labute approximate surface area is 221 Å². The maximum Gasteiger partial charge on any atom is 0.513 e. The number of carbonyl (C=O) groups excluding carboxylic acids is 4. The van der Waals surface area contributed by atoms with E-state index in [-0.39, 0.29) is 44.2 Å². The lowest BCUT2D eigenvalue weighted by molar-refractivity contribution is -0.147. The molecule has 0 saturated heterocycles. The Hall–Kier alpha value is -4.12. The van der Waals surface area contributed by atoms with Crippen LogP contribution in [0.4, 0.5) is 9.59 Å². The summed E-state index contributed by atoms with van der Waals surface area (Å²) in [5.74, 6) is -1.53. The summed E-state index contributed by atoms with van der Waals surface area (Å²) in [4.78, 5) is 48.9. The highest BCUT2D eigenvalue weighted by Gasteiger charge is 2.36. The highest BCUT2D eigenvalue weighted by atomic mass is 16.7. The molecule has 2 aromatic rings. The van der Waals surface area contributed by atoms with Gasteiger partial charge in [-0.05, 0) is 42.7 Å². The summed E-state index contributed by atoms with van der Waals surface area (Å²) < 4.78 is 30.4. The van der Waals surface area contributed by atoms with Gasteiger partial charge in [0.05, 0.1) is 32.5 Å². The van der Waals surface area contributed by atoms with Crippen LogP contribution in [0.3, 0.4) is 0 Å². The molecule has 0 aliphatic carbocycles. The summed E-state index contributed by atoms with van der Waals surface area (Å²) in [6, 6.07) is 12.7. The maximum atomic E-state index is 12.6. The van der Waals surface area contributed by atoms with Crippen molar-refractivity contribution >= 4 is 24.2 Å². The second-order valence-electron chi connectivity index (χ2n) is 8.26. The van der Waals surface area contributed by atoms with Crippen molar-refractivity contribution in [2.24, 2.45) is 5.73 Å². The molecule has 0 aliphatic heterocycles. The number of carbonyl (C=O) groups is 4. The molecule has 0 amide bonds. The van der Waals surface area contributed by atoms with Gasteiger partial charge < -0.3 is 34.2 Å². The highest BCUT2D eigenvalue weighted by Crippen LogP contribution is 2.31. The Morgan fingerprint density at radius 3 is 1.97 bits per heavy atom. The van der Waals surface area contributed by atoms with Crippen LogP contribution in [0.1, 0.15) is 49.0 Å². The first-order chi connectivity index (χ1) is 18.2. The van der Waals surface area contributed by atoms with E-state index >= 15 is 0 Å². The average molecular weight is 532 g/mol. The summed E-state index contributed by atoms with van der Waals surface area (Å²) in [5, 5.41) is 0. The van der Waals surface area contributed by atoms with Crippen LogP contribution < -0.4 is 15.2 Å². The van der Waals surface area contributed by atoms with Gasteiger partial charge in [0.15, 0.2) is 11.5 Å². The molecule has 0 bridgehead atoms. The maximum absolute atomic E-state index is 12.6. The first-order valence-corrected chi connectivity index (χ1v) is 12.1. The monoisotopic (exact) mass is 531 g/mol. The SMILES string of the molecule is CCCOC(=O)Oc1ccc(C[C@](N)(CCOC(=O)c2ccccc2)C(=O)OC)cc1OC(=O)OCCC. The number of hydrogen-bond acceptors (Lipinski definition) is 11. The lowest BCUT2D eigenvalue weighted by atomic mass is 9.88. The molecule has 0 spiro atoms. The van der Waals surface area contributed by atoms with E-state index in [1.165, 1.54) is 25.3 Å². The lowest BCUT2D eigenvalue weighted by Gasteiger charge is -2.26. The molecule has 0 fully saturated rings. The predicted octanol–water partition coefficient (Wildman–Crippen LogP) is 4.20. The van der Waals surface area contributed by atoms with Crippen LogP contribution >= 0.6 is 0 Å². The molecule has 11 heteroatoms. The molecule has 0 radical (unpaired) electrons. The molecule has 0 unspecified atom stereocenters. The van der Waals surface area contributed by atoms with Crippen molar-refractivity contribution in [3.63, 3.8) is 0 Å². The Balaban J connectivity index is 2.21. The fraction of sp³-hybridized carbons (Fsp3) is 0.407. The molecule has 0 aliphatic rings. The van der Waals surface area contributed by atoms with Crippen LogP contribution in [0, 0.1) is 0 Å². The third-order valence-electron chi connectivity index (χ3n) is 5.15. The Bertz CT molecular complexity index is 1090. The summed E-state index contributed by atoms with van der Waals surface area (Å²) in [6.07, 6.45) is -0.957. The molecule has 0 saturated carbocycles. The smallest absolute Gasteiger partial charge is 0.468 e. The van der Waals surface area contributed by atoms with E-state index < -0.39 is 29.8 Å². The van der Waals surface area contributed by atoms with Crippen molar-refractivity contribution in [3.8, 4) is 11.5 Å². The van der Waals surface area contributed by atoms with Crippen molar-refractivity contribution in [3.05, 3.63) is 59.7 Å². The molecule has 2 rings (SSSR count). The predicted molar refractivity (Wildman–Crippen MR) is 135 cm³/mol. The molecule has 2 aromatic carbocycles. The molecule has 0 aromatic heterocycles. The zero-order valence-corrected chi connectivity index (χ0v) is 21.7. The van der Waals surface area contributed by atoms with Crippen molar-refractivity contribution in [1.82, 2.24) is 0 Å². The molecule has 206 valence electrons. The van der Waals surface area contributed by atoms with E-state index in [2.05, 4.69) is 0 Å². The molecular formula is C27H33NO10. The van der Waals surface area contributed by atoms with Crippen LogP contribution in [0.5, 0.6) is 11.5 Å². The fourth-order valence-corrected chi connectivity index (χ4v) is 3.25. The highest BCUT2D eigenvalue weighted by molar-refractivity contribution is 5.89. The van der Waals surface area contributed by atoms with Gasteiger partial charge in [0, 0.05) is 12.8 Å². The van der Waals surface area contributed by atoms with Crippen LogP contribution in [-0.4, -0.2) is 56.7 Å². The van der Waals surface area contributed by atoms with Gasteiger partial charge in [-0.15, -0.1) is 0 Å². The van der Waals surface area contributed by atoms with Gasteiger partial charge in [0.25, 0.3) is 0 Å². The second kappa shape index (κ2) is 15.2. The van der Waals surface area contributed by atoms with Crippen molar-refractivity contribution < 1.29 is 47.6 Å². The van der Waals surface area contributed by atoms with Crippen LogP contribution in [0.15, 0.2) is 48.5 Å². The second-order valence-corrected chi connectivity index (χ2v) is 8.26. The molecule has 38 heavy (non-hydrogen) atoms. The minimum Gasteiger partial charge on any atom is -0.468 e. The minimum atomic E-state index is -1.59. The number of rotatable bonds is 13. The van der Waals surface area contributed by atoms with Gasteiger partial charge in [-0.25, -0.2) is 14.4 Å². The number of nitrogens with two attached hydrogens (primary N) is 1. The minimum absolute atomic E-state index is 0.0609. The first kappa shape index (κ1) is 30.1. The van der Waals surface area contributed by atoms with Gasteiger partial charge in [-0.1, -0.05) is 38.1 Å². The molecule has 2 N–H and O–H groups in total. The topological polar surface area (TPSA) is 150 Å². The van der Waals surface area contributed by atoms with Gasteiger partial charge in [0.2, 0.25) is 0 Å². The zero-order valence-electron chi connectivity index (χ0n) is 21.7. The van der Waals surface area contributed by atoms with E-state index in [4.69, 9.17) is 34.2 Å². The van der Waals surface area contributed by atoms with E-state index in [0.29, 0.717) is 24.0 Å². The number of methoxy groups -OCH3 is 1. The van der Waals surface area contributed by atoms with Crippen molar-refractivity contribution in [1.29, 1.82) is 0 Å². The third-order valence-corrected chi connectivity index (χ3v) is 5.15. The van der Waals surface area contributed by atoms with Gasteiger partial charge in [-0.2, -0.15) is 0 Å². The fourth-order valence-electron chi connectivity index (χ4n) is 3.25. The van der Waals surface area contributed by atoms with E-state index in [0.717, 1.165) is 0 Å². The quantitative estimate of drug-likeness (QED) is 0.225. The summed E-state index contributed by atoms with van der Waals surface area (Å²) in [5.41, 5.74) is 5.61. The van der Waals surface area contributed by atoms with Gasteiger partial charge in [-0.3, -0.25) is 4.79 Å². The summed E-state index contributed by atoms with van der Waals surface area (Å²) in [6.45, 7) is 3.76. The Kier molecular flexibility index (Phi) is 12.0. The third kappa shape index (κ3) is 9.40. The molecule has 11 nitrogen and oxygen atoms in total. The first-order valence-electron chi connectivity index (χ1n) is 12.1. The Morgan fingerprint density at radius 2 is 1.39 bits per heavy atom. The summed E-state index contributed by atoms with van der Waals surface area (Å²) in [7, 11) is 1.19. The summed E-state index contributed by atoms with van der Waals surface area (Å²) >= 11 is 0. The molecular weight excluding hydrogens is 498 g/mol. The van der Waals surface area contributed by atoms with E-state index in [9.17, 15) is 19.2 Å². The van der Waals surface area contributed by atoms with Crippen LogP contribution in [0.25, 0.3) is 0 Å². The normalized spacial score (nSPS) is 12.0. The number of benzene rings is 2. The number of hydrogen-bond donors (Lipinski definition) is 1. The van der Waals surface area contributed by atoms with Gasteiger partial charge in [0.1, 0.15) is 5.54 Å². The molecule has 1 atom stereocenters. The number of esters is 2. The zero-order chi connectivity index (χ0) is 28.0.